The Kier molecular flexibility index (Phi) is 4.85. The molecule has 0 bridgehead atoms. The second-order valence-corrected chi connectivity index (χ2v) is 5.94. The van der Waals surface area contributed by atoms with Gasteiger partial charge in [0.15, 0.2) is 0 Å². The maximum atomic E-state index is 12.9. The maximum absolute atomic E-state index is 12.9. The van der Waals surface area contributed by atoms with Gasteiger partial charge in [0.1, 0.15) is 5.82 Å². The molecule has 0 saturated carbocycles. The van der Waals surface area contributed by atoms with Gasteiger partial charge in [-0.1, -0.05) is 12.1 Å². The van der Waals surface area contributed by atoms with Crippen LogP contribution in [-0.2, 0) is 6.54 Å². The van der Waals surface area contributed by atoms with E-state index in [1.54, 1.807) is 18.3 Å². The van der Waals surface area contributed by atoms with Crippen LogP contribution < -0.4 is 0 Å². The number of aromatic nitrogens is 2. The van der Waals surface area contributed by atoms with Crippen molar-refractivity contribution in [3.8, 4) is 0 Å². The van der Waals surface area contributed by atoms with E-state index in [9.17, 15) is 9.50 Å². The molecule has 2 aromatic rings. The first kappa shape index (κ1) is 15.2. The Morgan fingerprint density at radius 2 is 1.91 bits per heavy atom. The summed E-state index contributed by atoms with van der Waals surface area (Å²) < 4.78 is 14.9. The molecule has 1 aromatic carbocycles. The van der Waals surface area contributed by atoms with Crippen molar-refractivity contribution < 1.29 is 9.50 Å². The van der Waals surface area contributed by atoms with Crippen molar-refractivity contribution in [1.82, 2.24) is 14.7 Å². The molecule has 1 fully saturated rings. The molecule has 1 saturated heterocycles. The van der Waals surface area contributed by atoms with Crippen LogP contribution in [0.4, 0.5) is 4.39 Å². The van der Waals surface area contributed by atoms with Crippen LogP contribution in [0.3, 0.4) is 0 Å². The van der Waals surface area contributed by atoms with Gasteiger partial charge in [0.2, 0.25) is 0 Å². The van der Waals surface area contributed by atoms with Crippen LogP contribution in [0.25, 0.3) is 0 Å². The molecule has 1 aliphatic rings. The second kappa shape index (κ2) is 7.03. The largest absolute Gasteiger partial charge is 0.388 e. The van der Waals surface area contributed by atoms with E-state index in [1.165, 1.54) is 12.1 Å². The molecule has 2 heterocycles. The second-order valence-electron chi connectivity index (χ2n) is 5.94. The Bertz CT molecular complexity index is 562. The first-order valence-electron chi connectivity index (χ1n) is 7.86. The van der Waals surface area contributed by atoms with Crippen molar-refractivity contribution in [2.45, 2.75) is 25.5 Å². The van der Waals surface area contributed by atoms with E-state index < -0.39 is 6.10 Å². The summed E-state index contributed by atoms with van der Waals surface area (Å²) in [5, 5.41) is 14.7. The van der Waals surface area contributed by atoms with Gasteiger partial charge in [0, 0.05) is 18.9 Å². The van der Waals surface area contributed by atoms with Crippen LogP contribution in [0, 0.1) is 11.7 Å². The molecule has 1 unspecified atom stereocenters. The molecule has 0 spiro atoms. The van der Waals surface area contributed by atoms with E-state index in [2.05, 4.69) is 10.00 Å². The summed E-state index contributed by atoms with van der Waals surface area (Å²) in [5.74, 6) is -0.00388. The van der Waals surface area contributed by atoms with Gasteiger partial charge in [0.25, 0.3) is 0 Å². The molecule has 1 atom stereocenters. The topological polar surface area (TPSA) is 41.3 Å². The lowest BCUT2D eigenvalue weighted by Gasteiger charge is -2.34. The highest BCUT2D eigenvalue weighted by molar-refractivity contribution is 5.19. The number of nitrogens with zero attached hydrogens (tertiary/aromatic N) is 3. The van der Waals surface area contributed by atoms with E-state index in [0.717, 1.165) is 44.6 Å². The molecule has 0 radical (unpaired) electrons. The van der Waals surface area contributed by atoms with Crippen LogP contribution in [0.5, 0.6) is 0 Å². The average molecular weight is 303 g/mol. The number of aliphatic hydroxyl groups is 1. The summed E-state index contributed by atoms with van der Waals surface area (Å²) in [6, 6.07) is 8.13. The van der Waals surface area contributed by atoms with Gasteiger partial charge in [-0.3, -0.25) is 4.68 Å². The van der Waals surface area contributed by atoms with Gasteiger partial charge in [0.05, 0.1) is 12.6 Å². The van der Waals surface area contributed by atoms with Crippen LogP contribution >= 0.6 is 0 Å². The van der Waals surface area contributed by atoms with Crippen molar-refractivity contribution in [2.75, 3.05) is 19.6 Å². The van der Waals surface area contributed by atoms with Crippen molar-refractivity contribution in [1.29, 1.82) is 0 Å². The number of hydrogen-bond acceptors (Lipinski definition) is 3. The molecule has 1 N–H and O–H groups in total. The molecule has 1 aromatic heterocycles. The summed E-state index contributed by atoms with van der Waals surface area (Å²) in [5.41, 5.74) is 0.816. The summed E-state index contributed by atoms with van der Waals surface area (Å²) in [7, 11) is 0. The number of likely N-dealkylation sites (tertiary alicyclic amines) is 1. The highest BCUT2D eigenvalue weighted by atomic mass is 19.1. The van der Waals surface area contributed by atoms with Crippen molar-refractivity contribution in [3.63, 3.8) is 0 Å². The van der Waals surface area contributed by atoms with Gasteiger partial charge >= 0.3 is 0 Å². The third-order valence-electron chi connectivity index (χ3n) is 4.49. The van der Waals surface area contributed by atoms with Crippen LogP contribution in [0.2, 0.25) is 0 Å². The summed E-state index contributed by atoms with van der Waals surface area (Å²) >= 11 is 0. The van der Waals surface area contributed by atoms with Gasteiger partial charge in [-0.2, -0.15) is 5.10 Å². The fraction of sp³-hybridized carbons (Fsp3) is 0.471. The molecule has 22 heavy (non-hydrogen) atoms. The zero-order valence-electron chi connectivity index (χ0n) is 12.6. The Hall–Kier alpha value is -1.72. The Labute approximate surface area is 130 Å². The number of aliphatic hydroxyl groups excluding tert-OH is 1. The number of piperidine rings is 1. The summed E-state index contributed by atoms with van der Waals surface area (Å²) in [6.07, 6.45) is 5.22. The fourth-order valence-electron chi connectivity index (χ4n) is 3.10. The van der Waals surface area contributed by atoms with E-state index in [1.807, 2.05) is 16.9 Å². The number of benzene rings is 1. The highest BCUT2D eigenvalue weighted by Crippen LogP contribution is 2.30. The van der Waals surface area contributed by atoms with Crippen molar-refractivity contribution in [3.05, 3.63) is 54.1 Å². The van der Waals surface area contributed by atoms with Gasteiger partial charge in [-0.25, -0.2) is 4.39 Å². The van der Waals surface area contributed by atoms with Crippen LogP contribution in [0.15, 0.2) is 42.7 Å². The maximum Gasteiger partial charge on any atom is 0.123 e. The molecular formula is C17H22FN3O. The fourth-order valence-corrected chi connectivity index (χ4v) is 3.10. The molecule has 5 heteroatoms. The lowest BCUT2D eigenvalue weighted by Crippen LogP contribution is -2.37. The standard InChI is InChI=1S/C17H22FN3O/c18-16-4-2-14(3-5-16)17(22)15-6-10-20(11-7-15)12-13-21-9-1-8-19-21/h1-5,8-9,15,17,22H,6-7,10-13H2. The van der Waals surface area contributed by atoms with Crippen molar-refractivity contribution >= 4 is 0 Å². The average Bonchev–Trinajstić information content (AvgIpc) is 3.07. The predicted octanol–water partition coefficient (Wildman–Crippen LogP) is 2.47. The third kappa shape index (κ3) is 3.72. The van der Waals surface area contributed by atoms with Crippen molar-refractivity contribution in [2.24, 2.45) is 5.92 Å². The minimum atomic E-state index is -0.492. The van der Waals surface area contributed by atoms with E-state index in [4.69, 9.17) is 0 Å². The molecule has 0 amide bonds. The third-order valence-corrected chi connectivity index (χ3v) is 4.49. The smallest absolute Gasteiger partial charge is 0.123 e. The van der Waals surface area contributed by atoms with Crippen LogP contribution in [0.1, 0.15) is 24.5 Å². The van der Waals surface area contributed by atoms with Gasteiger partial charge < -0.3 is 10.0 Å². The lowest BCUT2D eigenvalue weighted by molar-refractivity contribution is 0.0576. The monoisotopic (exact) mass is 303 g/mol. The predicted molar refractivity (Wildman–Crippen MR) is 82.8 cm³/mol. The summed E-state index contributed by atoms with van der Waals surface area (Å²) in [6.45, 7) is 3.87. The SMILES string of the molecule is OC(c1ccc(F)cc1)C1CCN(CCn2cccn2)CC1. The van der Waals surface area contributed by atoms with E-state index in [-0.39, 0.29) is 11.7 Å². The zero-order valence-corrected chi connectivity index (χ0v) is 12.6. The Morgan fingerprint density at radius 1 is 1.18 bits per heavy atom. The number of hydrogen-bond donors (Lipinski definition) is 1. The van der Waals surface area contributed by atoms with Gasteiger partial charge in [-0.05, 0) is 55.6 Å². The Morgan fingerprint density at radius 3 is 2.55 bits per heavy atom. The molecule has 3 rings (SSSR count). The minimum Gasteiger partial charge on any atom is -0.388 e. The minimum absolute atomic E-state index is 0.256. The highest BCUT2D eigenvalue weighted by Gasteiger charge is 2.26. The molecular weight excluding hydrogens is 281 g/mol. The molecule has 0 aliphatic carbocycles. The quantitative estimate of drug-likeness (QED) is 0.922. The normalized spacial score (nSPS) is 18.5. The molecule has 118 valence electrons. The van der Waals surface area contributed by atoms with E-state index in [0.29, 0.717) is 0 Å². The molecule has 1 aliphatic heterocycles. The number of halogens is 1. The first-order valence-corrected chi connectivity index (χ1v) is 7.86. The zero-order chi connectivity index (χ0) is 15.4. The van der Waals surface area contributed by atoms with E-state index >= 15 is 0 Å². The lowest BCUT2D eigenvalue weighted by atomic mass is 9.87. The number of rotatable bonds is 5. The Balaban J connectivity index is 1.47. The van der Waals surface area contributed by atoms with Crippen LogP contribution in [-0.4, -0.2) is 39.4 Å². The summed E-state index contributed by atoms with van der Waals surface area (Å²) in [4.78, 5) is 2.41. The van der Waals surface area contributed by atoms with Gasteiger partial charge in [-0.15, -0.1) is 0 Å². The molecule has 4 nitrogen and oxygen atoms in total. The first-order chi connectivity index (χ1) is 10.7.